The third-order valence-corrected chi connectivity index (χ3v) is 8.17. The Morgan fingerprint density at radius 3 is 1.89 bits per heavy atom. The highest BCUT2D eigenvalue weighted by molar-refractivity contribution is 9.10. The van der Waals surface area contributed by atoms with Crippen molar-refractivity contribution in [3.05, 3.63) is 34.3 Å². The maximum atomic E-state index is 3.57. The van der Waals surface area contributed by atoms with Crippen molar-refractivity contribution >= 4 is 15.9 Å². The fourth-order valence-corrected chi connectivity index (χ4v) is 6.08. The van der Waals surface area contributed by atoms with Gasteiger partial charge in [-0.3, -0.25) is 0 Å². The Kier molecular flexibility index (Phi) is 9.23. The molecule has 0 N–H and O–H groups in total. The molecule has 0 unspecified atom stereocenters. The molecule has 0 aromatic heterocycles. The molecule has 2 aliphatic rings. The molecular weight excluding hydrogens is 392 g/mol. The van der Waals surface area contributed by atoms with E-state index in [0.717, 1.165) is 23.7 Å². The van der Waals surface area contributed by atoms with E-state index in [-0.39, 0.29) is 0 Å². The zero-order chi connectivity index (χ0) is 18.9. The lowest BCUT2D eigenvalue weighted by atomic mass is 9.68. The predicted octanol–water partition coefficient (Wildman–Crippen LogP) is 9.28. The summed E-state index contributed by atoms with van der Waals surface area (Å²) in [5, 5.41) is 0. The first kappa shape index (κ1) is 21.4. The van der Waals surface area contributed by atoms with Gasteiger partial charge in [-0.25, -0.2) is 0 Å². The van der Waals surface area contributed by atoms with E-state index in [2.05, 4.69) is 47.1 Å². The van der Waals surface area contributed by atoms with Crippen LogP contribution >= 0.6 is 15.9 Å². The van der Waals surface area contributed by atoms with Gasteiger partial charge in [0.2, 0.25) is 0 Å². The van der Waals surface area contributed by atoms with E-state index < -0.39 is 0 Å². The second-order valence-electron chi connectivity index (χ2n) is 9.50. The van der Waals surface area contributed by atoms with Gasteiger partial charge in [0, 0.05) is 4.47 Å². The van der Waals surface area contributed by atoms with Crippen molar-refractivity contribution in [1.29, 1.82) is 0 Å². The quantitative estimate of drug-likeness (QED) is 0.340. The van der Waals surface area contributed by atoms with Crippen molar-refractivity contribution in [2.24, 2.45) is 17.8 Å². The fourth-order valence-electron chi connectivity index (χ4n) is 5.82. The standard InChI is InChI=1S/C26H41Br/c1-2-3-4-5-6-7-8-21-9-11-22(12-10-21)23-13-15-24(16-14-23)25-17-19-26(27)20-18-25/h17-24H,2-16H2,1H3. The summed E-state index contributed by atoms with van der Waals surface area (Å²) in [7, 11) is 0. The summed E-state index contributed by atoms with van der Waals surface area (Å²) in [5.74, 6) is 3.97. The van der Waals surface area contributed by atoms with Crippen LogP contribution < -0.4 is 0 Å². The van der Waals surface area contributed by atoms with Crippen molar-refractivity contribution in [1.82, 2.24) is 0 Å². The lowest BCUT2D eigenvalue weighted by molar-refractivity contribution is 0.155. The summed E-state index contributed by atoms with van der Waals surface area (Å²) in [6.07, 6.45) is 22.2. The Labute approximate surface area is 177 Å². The number of hydrogen-bond donors (Lipinski definition) is 0. The molecule has 0 radical (unpaired) electrons. The van der Waals surface area contributed by atoms with Crippen molar-refractivity contribution in [3.8, 4) is 0 Å². The number of benzene rings is 1. The predicted molar refractivity (Wildman–Crippen MR) is 122 cm³/mol. The van der Waals surface area contributed by atoms with Crippen LogP contribution in [-0.2, 0) is 0 Å². The molecule has 2 saturated carbocycles. The molecule has 0 atom stereocenters. The van der Waals surface area contributed by atoms with Crippen LogP contribution in [0.3, 0.4) is 0 Å². The minimum atomic E-state index is 0.818. The number of unbranched alkanes of at least 4 members (excludes halogenated alkanes) is 5. The SMILES string of the molecule is CCCCCCCCC1CCC(C2CCC(c3ccc(Br)cc3)CC2)CC1. The molecule has 27 heavy (non-hydrogen) atoms. The third-order valence-electron chi connectivity index (χ3n) is 7.64. The fraction of sp³-hybridized carbons (Fsp3) is 0.769. The molecule has 1 aromatic carbocycles. The molecule has 0 amide bonds. The summed E-state index contributed by atoms with van der Waals surface area (Å²) in [6, 6.07) is 9.10. The van der Waals surface area contributed by atoms with E-state index in [9.17, 15) is 0 Å². The smallest absolute Gasteiger partial charge is 0.0175 e. The maximum absolute atomic E-state index is 3.57. The van der Waals surface area contributed by atoms with Crippen LogP contribution in [0.1, 0.15) is 115 Å². The zero-order valence-electron chi connectivity index (χ0n) is 17.6. The maximum Gasteiger partial charge on any atom is 0.0175 e. The number of hydrogen-bond acceptors (Lipinski definition) is 0. The monoisotopic (exact) mass is 432 g/mol. The van der Waals surface area contributed by atoms with E-state index in [4.69, 9.17) is 0 Å². The molecule has 2 aliphatic carbocycles. The molecule has 0 saturated heterocycles. The third kappa shape index (κ3) is 6.91. The molecule has 0 bridgehead atoms. The van der Waals surface area contributed by atoms with E-state index in [1.165, 1.54) is 101 Å². The molecule has 0 heterocycles. The number of rotatable bonds is 9. The molecule has 0 aliphatic heterocycles. The summed E-state index contributed by atoms with van der Waals surface area (Å²) in [4.78, 5) is 0. The highest BCUT2D eigenvalue weighted by atomic mass is 79.9. The van der Waals surface area contributed by atoms with Gasteiger partial charge < -0.3 is 0 Å². The van der Waals surface area contributed by atoms with Gasteiger partial charge in [-0.05, 0) is 79.9 Å². The highest BCUT2D eigenvalue weighted by Crippen LogP contribution is 2.44. The molecule has 0 nitrogen and oxygen atoms in total. The van der Waals surface area contributed by atoms with E-state index in [0.29, 0.717) is 0 Å². The van der Waals surface area contributed by atoms with E-state index in [1.807, 2.05) is 0 Å². The van der Waals surface area contributed by atoms with Crippen molar-refractivity contribution in [2.45, 2.75) is 109 Å². The minimum absolute atomic E-state index is 0.818. The first-order valence-corrected chi connectivity index (χ1v) is 12.8. The summed E-state index contributed by atoms with van der Waals surface area (Å²) in [6.45, 7) is 2.31. The average Bonchev–Trinajstić information content (AvgIpc) is 2.72. The van der Waals surface area contributed by atoms with E-state index >= 15 is 0 Å². The molecular formula is C26H41Br. The molecule has 1 heteroatoms. The van der Waals surface area contributed by atoms with Crippen molar-refractivity contribution in [3.63, 3.8) is 0 Å². The first-order valence-electron chi connectivity index (χ1n) is 12.0. The van der Waals surface area contributed by atoms with Gasteiger partial charge in [0.25, 0.3) is 0 Å². The Bertz CT molecular complexity index is 504. The van der Waals surface area contributed by atoms with Crippen molar-refractivity contribution in [2.75, 3.05) is 0 Å². The first-order chi connectivity index (χ1) is 13.3. The lowest BCUT2D eigenvalue weighted by Crippen LogP contribution is -2.25. The Morgan fingerprint density at radius 2 is 1.26 bits per heavy atom. The molecule has 152 valence electrons. The zero-order valence-corrected chi connectivity index (χ0v) is 19.2. The largest absolute Gasteiger partial charge is 0.0654 e. The van der Waals surface area contributed by atoms with E-state index in [1.54, 1.807) is 5.56 Å². The van der Waals surface area contributed by atoms with Crippen LogP contribution in [0.15, 0.2) is 28.7 Å². The van der Waals surface area contributed by atoms with Crippen LogP contribution in [-0.4, -0.2) is 0 Å². The minimum Gasteiger partial charge on any atom is -0.0654 e. The Balaban J connectivity index is 1.31. The van der Waals surface area contributed by atoms with Crippen molar-refractivity contribution < 1.29 is 0 Å². The Hall–Kier alpha value is -0.300. The molecule has 2 fully saturated rings. The van der Waals surface area contributed by atoms with Crippen LogP contribution in [0.25, 0.3) is 0 Å². The summed E-state index contributed by atoms with van der Waals surface area (Å²) < 4.78 is 1.21. The number of halogens is 1. The second kappa shape index (κ2) is 11.6. The molecule has 3 rings (SSSR count). The average molecular weight is 434 g/mol. The lowest BCUT2D eigenvalue weighted by Gasteiger charge is -2.38. The van der Waals surface area contributed by atoms with Gasteiger partial charge >= 0.3 is 0 Å². The summed E-state index contributed by atoms with van der Waals surface area (Å²) >= 11 is 3.57. The van der Waals surface area contributed by atoms with Gasteiger partial charge in [0.15, 0.2) is 0 Å². The normalized spacial score (nSPS) is 29.0. The van der Waals surface area contributed by atoms with Gasteiger partial charge in [-0.2, -0.15) is 0 Å². The molecule has 0 spiro atoms. The Morgan fingerprint density at radius 1 is 0.704 bits per heavy atom. The topological polar surface area (TPSA) is 0 Å². The van der Waals surface area contributed by atoms with Crippen LogP contribution in [0.5, 0.6) is 0 Å². The van der Waals surface area contributed by atoms with Gasteiger partial charge in [0.05, 0.1) is 0 Å². The van der Waals surface area contributed by atoms with Crippen LogP contribution in [0.4, 0.5) is 0 Å². The highest BCUT2D eigenvalue weighted by Gasteiger charge is 2.31. The molecule has 1 aromatic rings. The van der Waals surface area contributed by atoms with Gasteiger partial charge in [-0.1, -0.05) is 92.8 Å². The van der Waals surface area contributed by atoms with Crippen LogP contribution in [0, 0.1) is 17.8 Å². The second-order valence-corrected chi connectivity index (χ2v) is 10.4. The summed E-state index contributed by atoms with van der Waals surface area (Å²) in [5.41, 5.74) is 1.57. The van der Waals surface area contributed by atoms with Gasteiger partial charge in [0.1, 0.15) is 0 Å². The van der Waals surface area contributed by atoms with Crippen LogP contribution in [0.2, 0.25) is 0 Å². The van der Waals surface area contributed by atoms with Gasteiger partial charge in [-0.15, -0.1) is 0 Å².